The average molecular weight is 356 g/mol. The van der Waals surface area contributed by atoms with Gasteiger partial charge in [0.25, 0.3) is 5.91 Å². The number of aryl methyl sites for hydroxylation is 3. The fraction of sp³-hybridized carbons (Fsp3) is 0.600. The molecule has 2 aromatic rings. The molecule has 26 heavy (non-hydrogen) atoms. The molecule has 140 valence electrons. The number of rotatable bonds is 5. The third-order valence-electron chi connectivity index (χ3n) is 5.66. The molecule has 1 amide bonds. The number of likely N-dealkylation sites (tertiary alicyclic amines) is 1. The number of aromatic nitrogens is 2. The first-order chi connectivity index (χ1) is 12.6. The number of nitrogens with one attached hydrogen (secondary N) is 1. The summed E-state index contributed by atoms with van der Waals surface area (Å²) in [5.74, 6) is 1.84. The molecular weight excluding hydrogens is 328 g/mol. The van der Waals surface area contributed by atoms with Crippen LogP contribution in [0.5, 0.6) is 0 Å². The van der Waals surface area contributed by atoms with Crippen LogP contribution in [0, 0.1) is 6.92 Å². The van der Waals surface area contributed by atoms with Crippen LogP contribution in [0.3, 0.4) is 0 Å². The van der Waals surface area contributed by atoms with Crippen LogP contribution in [0.15, 0.2) is 16.5 Å². The molecule has 0 spiro atoms. The van der Waals surface area contributed by atoms with E-state index in [0.29, 0.717) is 6.54 Å². The molecule has 1 aliphatic carbocycles. The van der Waals surface area contributed by atoms with Crippen molar-refractivity contribution in [3.63, 3.8) is 0 Å². The van der Waals surface area contributed by atoms with Crippen LogP contribution in [-0.2, 0) is 19.9 Å². The molecule has 6 nitrogen and oxygen atoms in total. The van der Waals surface area contributed by atoms with E-state index in [4.69, 9.17) is 4.42 Å². The number of amides is 1. The van der Waals surface area contributed by atoms with Crippen molar-refractivity contribution in [1.29, 1.82) is 0 Å². The maximum absolute atomic E-state index is 12.9. The second-order valence-electron chi connectivity index (χ2n) is 7.52. The summed E-state index contributed by atoms with van der Waals surface area (Å²) in [6.45, 7) is 4.64. The summed E-state index contributed by atoms with van der Waals surface area (Å²) >= 11 is 0. The number of hydrogen-bond acceptors (Lipinski definition) is 4. The highest BCUT2D eigenvalue weighted by Gasteiger charge is 2.28. The molecule has 0 aromatic carbocycles. The van der Waals surface area contributed by atoms with Gasteiger partial charge in [-0.1, -0.05) is 0 Å². The van der Waals surface area contributed by atoms with Crippen LogP contribution in [0.1, 0.15) is 65.0 Å². The molecule has 1 unspecified atom stereocenters. The van der Waals surface area contributed by atoms with E-state index in [1.807, 2.05) is 26.1 Å². The highest BCUT2D eigenvalue weighted by molar-refractivity contribution is 5.94. The van der Waals surface area contributed by atoms with Crippen LogP contribution in [0.25, 0.3) is 0 Å². The zero-order valence-electron chi connectivity index (χ0n) is 15.8. The van der Waals surface area contributed by atoms with Gasteiger partial charge in [-0.05, 0) is 70.7 Å². The summed E-state index contributed by atoms with van der Waals surface area (Å²) in [6, 6.07) is 4.13. The average Bonchev–Trinajstić information content (AvgIpc) is 3.35. The Labute approximate surface area is 154 Å². The topological polar surface area (TPSA) is 63.3 Å². The van der Waals surface area contributed by atoms with Crippen molar-refractivity contribution >= 4 is 5.91 Å². The lowest BCUT2D eigenvalue weighted by Gasteiger charge is -2.26. The summed E-state index contributed by atoms with van der Waals surface area (Å²) in [4.78, 5) is 15.3. The molecule has 4 rings (SSSR count). The molecule has 1 N–H and O–H groups in total. The summed E-state index contributed by atoms with van der Waals surface area (Å²) in [5, 5.41) is 7.72. The monoisotopic (exact) mass is 356 g/mol. The Kier molecular flexibility index (Phi) is 4.85. The van der Waals surface area contributed by atoms with E-state index in [2.05, 4.69) is 15.3 Å². The zero-order valence-corrected chi connectivity index (χ0v) is 15.8. The van der Waals surface area contributed by atoms with Crippen molar-refractivity contribution in [2.24, 2.45) is 7.05 Å². The number of carbonyl (C=O) groups excluding carboxylic acids is 1. The van der Waals surface area contributed by atoms with Gasteiger partial charge in [-0.2, -0.15) is 5.10 Å². The van der Waals surface area contributed by atoms with Gasteiger partial charge in [-0.3, -0.25) is 14.4 Å². The van der Waals surface area contributed by atoms with Crippen molar-refractivity contribution < 1.29 is 9.21 Å². The molecule has 1 fully saturated rings. The minimum absolute atomic E-state index is 0.0179. The van der Waals surface area contributed by atoms with E-state index in [9.17, 15) is 4.79 Å². The predicted molar refractivity (Wildman–Crippen MR) is 99.2 cm³/mol. The molecule has 1 aliphatic heterocycles. The molecule has 0 saturated carbocycles. The Bertz CT molecular complexity index is 786. The highest BCUT2D eigenvalue weighted by Crippen LogP contribution is 2.27. The molecule has 2 aliphatic rings. The van der Waals surface area contributed by atoms with Gasteiger partial charge in [-0.15, -0.1) is 0 Å². The summed E-state index contributed by atoms with van der Waals surface area (Å²) < 4.78 is 7.64. The Hall–Kier alpha value is -2.08. The largest absolute Gasteiger partial charge is 0.465 e. The van der Waals surface area contributed by atoms with Gasteiger partial charge in [0.15, 0.2) is 0 Å². The molecule has 1 atom stereocenters. The molecule has 3 heterocycles. The van der Waals surface area contributed by atoms with Gasteiger partial charge in [0.1, 0.15) is 17.2 Å². The standard InChI is InChI=1S/C20H28N4O2/c1-14-9-10-18(26-14)17(24-11-5-6-12-24)13-21-20(25)19-15-7-3-4-8-16(15)22-23(19)2/h9-10,17H,3-8,11-13H2,1-2H3,(H,21,25). The van der Waals surface area contributed by atoms with Gasteiger partial charge in [0, 0.05) is 19.2 Å². The lowest BCUT2D eigenvalue weighted by Crippen LogP contribution is -2.37. The molecule has 6 heteroatoms. The van der Waals surface area contributed by atoms with Crippen LogP contribution < -0.4 is 5.32 Å². The first-order valence-corrected chi connectivity index (χ1v) is 9.77. The van der Waals surface area contributed by atoms with Crippen molar-refractivity contribution in [3.05, 3.63) is 40.6 Å². The van der Waals surface area contributed by atoms with Crippen LogP contribution in [0.2, 0.25) is 0 Å². The first kappa shape index (κ1) is 17.3. The van der Waals surface area contributed by atoms with E-state index in [-0.39, 0.29) is 11.9 Å². The SMILES string of the molecule is Cc1ccc(C(CNC(=O)c2c3c(nn2C)CCCC3)N2CCCC2)o1. The third kappa shape index (κ3) is 3.30. The van der Waals surface area contributed by atoms with Crippen molar-refractivity contribution in [1.82, 2.24) is 20.0 Å². The number of carbonyl (C=O) groups is 1. The minimum atomic E-state index is -0.0179. The van der Waals surface area contributed by atoms with Crippen LogP contribution in [0.4, 0.5) is 0 Å². The fourth-order valence-electron chi connectivity index (χ4n) is 4.33. The second kappa shape index (κ2) is 7.27. The Balaban J connectivity index is 1.50. The van der Waals surface area contributed by atoms with Gasteiger partial charge < -0.3 is 9.73 Å². The third-order valence-corrected chi connectivity index (χ3v) is 5.66. The Morgan fingerprint density at radius 3 is 2.73 bits per heavy atom. The zero-order chi connectivity index (χ0) is 18.1. The molecule has 0 bridgehead atoms. The van der Waals surface area contributed by atoms with E-state index in [1.54, 1.807) is 4.68 Å². The molecule has 1 saturated heterocycles. The Morgan fingerprint density at radius 2 is 2.00 bits per heavy atom. The van der Waals surface area contributed by atoms with E-state index in [1.165, 1.54) is 19.3 Å². The number of furan rings is 1. The van der Waals surface area contributed by atoms with Crippen molar-refractivity contribution in [3.8, 4) is 0 Å². The molecule has 2 aromatic heterocycles. The molecular formula is C20H28N4O2. The maximum atomic E-state index is 12.9. The fourth-order valence-corrected chi connectivity index (χ4v) is 4.33. The van der Waals surface area contributed by atoms with Crippen LogP contribution in [-0.4, -0.2) is 40.2 Å². The minimum Gasteiger partial charge on any atom is -0.465 e. The number of nitrogens with zero attached hydrogens (tertiary/aromatic N) is 3. The summed E-state index contributed by atoms with van der Waals surface area (Å²) in [6.07, 6.45) is 6.66. The quantitative estimate of drug-likeness (QED) is 0.895. The predicted octanol–water partition coefficient (Wildman–Crippen LogP) is 2.77. The first-order valence-electron chi connectivity index (χ1n) is 9.77. The van der Waals surface area contributed by atoms with Crippen molar-refractivity contribution in [2.75, 3.05) is 19.6 Å². The van der Waals surface area contributed by atoms with E-state index < -0.39 is 0 Å². The smallest absolute Gasteiger partial charge is 0.269 e. The number of fused-ring (bicyclic) bond motifs is 1. The molecule has 0 radical (unpaired) electrons. The van der Waals surface area contributed by atoms with Gasteiger partial charge in [0.05, 0.1) is 11.7 Å². The summed E-state index contributed by atoms with van der Waals surface area (Å²) in [5.41, 5.74) is 2.97. The van der Waals surface area contributed by atoms with Crippen molar-refractivity contribution in [2.45, 2.75) is 51.5 Å². The van der Waals surface area contributed by atoms with E-state index in [0.717, 1.165) is 60.8 Å². The highest BCUT2D eigenvalue weighted by atomic mass is 16.3. The van der Waals surface area contributed by atoms with Gasteiger partial charge >= 0.3 is 0 Å². The normalized spacial score (nSPS) is 18.7. The lowest BCUT2D eigenvalue weighted by molar-refractivity contribution is 0.0923. The Morgan fingerprint density at radius 1 is 1.23 bits per heavy atom. The van der Waals surface area contributed by atoms with Crippen LogP contribution >= 0.6 is 0 Å². The lowest BCUT2D eigenvalue weighted by atomic mass is 9.95. The number of hydrogen-bond donors (Lipinski definition) is 1. The van der Waals surface area contributed by atoms with Gasteiger partial charge in [0.2, 0.25) is 0 Å². The van der Waals surface area contributed by atoms with E-state index >= 15 is 0 Å². The maximum Gasteiger partial charge on any atom is 0.269 e. The van der Waals surface area contributed by atoms with Gasteiger partial charge in [-0.25, -0.2) is 0 Å². The summed E-state index contributed by atoms with van der Waals surface area (Å²) in [7, 11) is 1.88. The second-order valence-corrected chi connectivity index (χ2v) is 7.52.